The fraction of sp³-hybridized carbons (Fsp3) is 0.235. The van der Waals surface area contributed by atoms with Gasteiger partial charge in [-0.15, -0.1) is 0 Å². The molecule has 0 saturated heterocycles. The van der Waals surface area contributed by atoms with Crippen molar-refractivity contribution < 1.29 is 9.53 Å². The van der Waals surface area contributed by atoms with E-state index in [9.17, 15) is 4.79 Å². The molecule has 1 aliphatic carbocycles. The van der Waals surface area contributed by atoms with Gasteiger partial charge in [0.1, 0.15) is 5.75 Å². The second-order valence-corrected chi connectivity index (χ2v) is 6.51. The minimum Gasteiger partial charge on any atom is -0.483 e. The number of halogens is 2. The molecule has 1 N–H and O–H groups in total. The fourth-order valence-corrected chi connectivity index (χ4v) is 3.48. The number of fused-ring (bicyclic) bond motifs is 1. The maximum atomic E-state index is 12.1. The molecular weight excluding hydrogens is 366 g/mol. The Labute approximate surface area is 142 Å². The molecule has 0 saturated carbocycles. The van der Waals surface area contributed by atoms with Crippen LogP contribution < -0.4 is 10.1 Å². The van der Waals surface area contributed by atoms with Gasteiger partial charge in [0.2, 0.25) is 0 Å². The monoisotopic (exact) mass is 379 g/mol. The minimum absolute atomic E-state index is 0.0150. The lowest BCUT2D eigenvalue weighted by Crippen LogP contribution is -2.31. The summed E-state index contributed by atoms with van der Waals surface area (Å²) in [6.07, 6.45) is 1.94. The molecule has 0 aliphatic heterocycles. The summed E-state index contributed by atoms with van der Waals surface area (Å²) in [6.45, 7) is -0.0150. The topological polar surface area (TPSA) is 38.3 Å². The molecule has 3 rings (SSSR count). The van der Waals surface area contributed by atoms with Gasteiger partial charge in [0.25, 0.3) is 5.91 Å². The third-order valence-corrected chi connectivity index (χ3v) is 4.58. The highest BCUT2D eigenvalue weighted by atomic mass is 79.9. The molecule has 2 aromatic carbocycles. The predicted molar refractivity (Wildman–Crippen MR) is 90.3 cm³/mol. The van der Waals surface area contributed by atoms with Gasteiger partial charge in [0, 0.05) is 5.02 Å². The first kappa shape index (κ1) is 15.4. The van der Waals surface area contributed by atoms with Crippen molar-refractivity contribution in [1.82, 2.24) is 5.32 Å². The molecule has 0 fully saturated rings. The fourth-order valence-electron chi connectivity index (χ4n) is 2.68. The zero-order chi connectivity index (χ0) is 15.5. The van der Waals surface area contributed by atoms with Gasteiger partial charge in [-0.25, -0.2) is 0 Å². The van der Waals surface area contributed by atoms with Crippen LogP contribution in [0.2, 0.25) is 5.02 Å². The van der Waals surface area contributed by atoms with Crippen LogP contribution in [0.3, 0.4) is 0 Å². The molecule has 1 amide bonds. The molecule has 0 spiro atoms. The normalized spacial score (nSPS) is 16.2. The first-order chi connectivity index (χ1) is 10.6. The Morgan fingerprint density at radius 3 is 2.95 bits per heavy atom. The lowest BCUT2D eigenvalue weighted by molar-refractivity contribution is -0.123. The molecule has 1 aliphatic rings. The van der Waals surface area contributed by atoms with Crippen molar-refractivity contribution >= 4 is 33.4 Å². The summed E-state index contributed by atoms with van der Waals surface area (Å²) in [7, 11) is 0. The van der Waals surface area contributed by atoms with Crippen molar-refractivity contribution in [3.8, 4) is 5.75 Å². The molecular formula is C17H15BrClNO2. The van der Waals surface area contributed by atoms with Gasteiger partial charge in [-0.3, -0.25) is 4.79 Å². The molecule has 0 aromatic heterocycles. The number of carbonyl (C=O) groups excluding carboxylic acids is 1. The highest BCUT2D eigenvalue weighted by Gasteiger charge is 2.23. The first-order valence-electron chi connectivity index (χ1n) is 7.08. The van der Waals surface area contributed by atoms with E-state index in [2.05, 4.69) is 33.4 Å². The second-order valence-electron chi connectivity index (χ2n) is 5.22. The van der Waals surface area contributed by atoms with Crippen LogP contribution >= 0.6 is 27.5 Å². The summed E-state index contributed by atoms with van der Waals surface area (Å²) in [5, 5.41) is 3.65. The largest absolute Gasteiger partial charge is 0.483 e. The van der Waals surface area contributed by atoms with E-state index in [4.69, 9.17) is 16.3 Å². The third kappa shape index (κ3) is 3.45. The summed E-state index contributed by atoms with van der Waals surface area (Å²) in [4.78, 5) is 12.1. The predicted octanol–water partition coefficient (Wildman–Crippen LogP) is 4.29. The van der Waals surface area contributed by atoms with Crippen LogP contribution in [-0.2, 0) is 11.2 Å². The van der Waals surface area contributed by atoms with Gasteiger partial charge in [-0.05, 0) is 58.1 Å². The standard InChI is InChI=1S/C17H15BrClNO2/c18-14-9-12(19)6-8-16(14)22-10-17(21)20-15-7-5-11-3-1-2-4-13(11)15/h1-4,6,8-9,15H,5,7,10H2,(H,20,21)/t15-/m0/s1. The summed E-state index contributed by atoms with van der Waals surface area (Å²) < 4.78 is 6.27. The highest BCUT2D eigenvalue weighted by molar-refractivity contribution is 9.10. The van der Waals surface area contributed by atoms with Crippen LogP contribution in [0.1, 0.15) is 23.6 Å². The van der Waals surface area contributed by atoms with Crippen LogP contribution in [0.15, 0.2) is 46.9 Å². The molecule has 5 heteroatoms. The lowest BCUT2D eigenvalue weighted by Gasteiger charge is -2.15. The molecule has 0 bridgehead atoms. The Bertz CT molecular complexity index is 705. The number of hydrogen-bond acceptors (Lipinski definition) is 2. The Kier molecular flexibility index (Phi) is 4.69. The molecule has 114 valence electrons. The summed E-state index contributed by atoms with van der Waals surface area (Å²) in [5.74, 6) is 0.481. The van der Waals surface area contributed by atoms with Crippen LogP contribution in [0, 0.1) is 0 Å². The number of nitrogens with one attached hydrogen (secondary N) is 1. The van der Waals surface area contributed by atoms with Crippen LogP contribution in [-0.4, -0.2) is 12.5 Å². The zero-order valence-electron chi connectivity index (χ0n) is 11.8. The SMILES string of the molecule is O=C(COc1ccc(Cl)cc1Br)N[C@H]1CCc2ccccc21. The van der Waals surface area contributed by atoms with E-state index in [1.54, 1.807) is 18.2 Å². The zero-order valence-corrected chi connectivity index (χ0v) is 14.2. The maximum Gasteiger partial charge on any atom is 0.258 e. The smallest absolute Gasteiger partial charge is 0.258 e. The third-order valence-electron chi connectivity index (χ3n) is 3.72. The van der Waals surface area contributed by atoms with Crippen LogP contribution in [0.5, 0.6) is 5.75 Å². The molecule has 0 radical (unpaired) electrons. The van der Waals surface area contributed by atoms with Gasteiger partial charge in [-0.2, -0.15) is 0 Å². The molecule has 0 heterocycles. The van der Waals surface area contributed by atoms with Crippen LogP contribution in [0.25, 0.3) is 0 Å². The number of carbonyl (C=O) groups is 1. The number of ether oxygens (including phenoxy) is 1. The van der Waals surface area contributed by atoms with Crippen LogP contribution in [0.4, 0.5) is 0 Å². The molecule has 22 heavy (non-hydrogen) atoms. The molecule has 2 aromatic rings. The van der Waals surface area contributed by atoms with Gasteiger partial charge in [0.05, 0.1) is 10.5 Å². The number of aryl methyl sites for hydroxylation is 1. The number of rotatable bonds is 4. The Balaban J connectivity index is 1.57. The number of hydrogen-bond donors (Lipinski definition) is 1. The van der Waals surface area contributed by atoms with E-state index in [1.807, 2.05) is 12.1 Å². The average molecular weight is 381 g/mol. The quantitative estimate of drug-likeness (QED) is 0.859. The first-order valence-corrected chi connectivity index (χ1v) is 8.25. The average Bonchev–Trinajstić information content (AvgIpc) is 2.90. The second kappa shape index (κ2) is 6.71. The van der Waals surface area contributed by atoms with Crippen molar-refractivity contribution in [2.45, 2.75) is 18.9 Å². The maximum absolute atomic E-state index is 12.1. The molecule has 0 unspecified atom stereocenters. The Hall–Kier alpha value is -1.52. The van der Waals surface area contributed by atoms with Crippen molar-refractivity contribution in [2.75, 3.05) is 6.61 Å². The van der Waals surface area contributed by atoms with Gasteiger partial charge >= 0.3 is 0 Å². The lowest BCUT2D eigenvalue weighted by atomic mass is 10.1. The van der Waals surface area contributed by atoms with Crippen molar-refractivity contribution in [3.05, 3.63) is 63.1 Å². The van der Waals surface area contributed by atoms with Crippen molar-refractivity contribution in [1.29, 1.82) is 0 Å². The number of amides is 1. The summed E-state index contributed by atoms with van der Waals surface area (Å²) in [5.41, 5.74) is 2.53. The Morgan fingerprint density at radius 2 is 2.14 bits per heavy atom. The number of benzene rings is 2. The van der Waals surface area contributed by atoms with E-state index in [1.165, 1.54) is 11.1 Å². The van der Waals surface area contributed by atoms with E-state index < -0.39 is 0 Å². The van der Waals surface area contributed by atoms with Crippen molar-refractivity contribution in [2.24, 2.45) is 0 Å². The summed E-state index contributed by atoms with van der Waals surface area (Å²) >= 11 is 9.24. The van der Waals surface area contributed by atoms with E-state index >= 15 is 0 Å². The molecule has 1 atom stereocenters. The van der Waals surface area contributed by atoms with E-state index in [0.29, 0.717) is 10.8 Å². The highest BCUT2D eigenvalue weighted by Crippen LogP contribution is 2.31. The Morgan fingerprint density at radius 1 is 1.32 bits per heavy atom. The minimum atomic E-state index is -0.122. The van der Waals surface area contributed by atoms with Gasteiger partial charge in [-0.1, -0.05) is 35.9 Å². The van der Waals surface area contributed by atoms with Gasteiger partial charge in [0.15, 0.2) is 6.61 Å². The van der Waals surface area contributed by atoms with Gasteiger partial charge < -0.3 is 10.1 Å². The molecule has 3 nitrogen and oxygen atoms in total. The summed E-state index contributed by atoms with van der Waals surface area (Å²) in [6, 6.07) is 13.5. The van der Waals surface area contributed by atoms with Crippen molar-refractivity contribution in [3.63, 3.8) is 0 Å². The van der Waals surface area contributed by atoms with E-state index in [-0.39, 0.29) is 18.6 Å². The van der Waals surface area contributed by atoms with E-state index in [0.717, 1.165) is 17.3 Å².